The highest BCUT2D eigenvalue weighted by Crippen LogP contribution is 2.47. The zero-order valence-corrected chi connectivity index (χ0v) is 50.2. The summed E-state index contributed by atoms with van der Waals surface area (Å²) in [6.45, 7) is 9.64. The Hall–Kier alpha value is -7.89. The summed E-state index contributed by atoms with van der Waals surface area (Å²) in [4.78, 5) is 94.4. The summed E-state index contributed by atoms with van der Waals surface area (Å²) in [5.41, 5.74) is 0.581. The molecule has 2 aliphatic heterocycles. The molecule has 18 nitrogen and oxygen atoms in total. The van der Waals surface area contributed by atoms with Gasteiger partial charge in [-0.15, -0.1) is 46.2 Å². The van der Waals surface area contributed by atoms with Crippen molar-refractivity contribution < 1.29 is 57.2 Å². The van der Waals surface area contributed by atoms with Crippen LogP contribution < -0.4 is 30.3 Å². The molecule has 83 heavy (non-hydrogen) atoms. The summed E-state index contributed by atoms with van der Waals surface area (Å²) in [6, 6.07) is 38.3. The first kappa shape index (κ1) is 59.7. The molecule has 0 radical (unpaired) electrons. The molecule has 0 spiro atoms. The summed E-state index contributed by atoms with van der Waals surface area (Å²) >= 11 is 11.8. The molecule has 23 heteroatoms. The van der Waals surface area contributed by atoms with Crippen LogP contribution in [0.4, 0.5) is 14.7 Å². The van der Waals surface area contributed by atoms with E-state index in [2.05, 4.69) is 15.8 Å². The molecule has 2 aromatic heterocycles. The van der Waals surface area contributed by atoms with Gasteiger partial charge in [-0.3, -0.25) is 19.3 Å². The number of ether oxygens (including phenoxy) is 6. The lowest BCUT2D eigenvalue weighted by molar-refractivity contribution is -0.153. The molecule has 0 bridgehead atoms. The topological polar surface area (TPSA) is 220 Å². The minimum Gasteiger partial charge on any atom is -0.497 e. The lowest BCUT2D eigenvalue weighted by atomic mass is 9.77. The van der Waals surface area contributed by atoms with Crippen LogP contribution in [0.2, 0.25) is 5.02 Å². The number of thioether (sulfide) groups is 2. The van der Waals surface area contributed by atoms with Crippen molar-refractivity contribution in [1.29, 1.82) is 0 Å². The number of fused-ring (bicyclic) bond motifs is 2. The number of nitrogens with one attached hydrogen (secondary N) is 2. The number of anilines is 1. The maximum atomic E-state index is 14.5. The van der Waals surface area contributed by atoms with Crippen molar-refractivity contribution in [3.05, 3.63) is 187 Å². The highest BCUT2D eigenvalue weighted by Gasteiger charge is 2.55. The van der Waals surface area contributed by atoms with Crippen molar-refractivity contribution in [2.75, 3.05) is 31.0 Å². The second-order valence-electron chi connectivity index (χ2n) is 20.6. The van der Waals surface area contributed by atoms with E-state index in [1.54, 1.807) is 71.2 Å². The van der Waals surface area contributed by atoms with E-state index in [-0.39, 0.29) is 56.1 Å². The Kier molecular flexibility index (Phi) is 18.2. The molecule has 2 aliphatic rings. The third kappa shape index (κ3) is 13.6. The van der Waals surface area contributed by atoms with Crippen molar-refractivity contribution in [1.82, 2.24) is 15.2 Å². The third-order valence-corrected chi connectivity index (χ3v) is 17.5. The normalized spacial score (nSPS) is 15.4. The van der Waals surface area contributed by atoms with Gasteiger partial charge in [-0.2, -0.15) is 0 Å². The number of oxime groups is 1. The van der Waals surface area contributed by atoms with E-state index < -0.39 is 69.4 Å². The van der Waals surface area contributed by atoms with Crippen LogP contribution in [-0.2, 0) is 45.6 Å². The van der Waals surface area contributed by atoms with Gasteiger partial charge >= 0.3 is 18.3 Å². The molecule has 2 N–H and O–H groups in total. The number of thiazole rings is 1. The Morgan fingerprint density at radius 3 is 1.95 bits per heavy atom. The molecule has 1 fully saturated rings. The Bertz CT molecular complexity index is 3600. The van der Waals surface area contributed by atoms with Gasteiger partial charge < -0.3 is 43.9 Å². The van der Waals surface area contributed by atoms with Gasteiger partial charge in [0, 0.05) is 28.3 Å². The van der Waals surface area contributed by atoms with Gasteiger partial charge in [-0.1, -0.05) is 120 Å². The first-order valence-electron chi connectivity index (χ1n) is 25.7. The monoisotopic (exact) mass is 1220 g/mol. The number of carbonyl (C=O) groups excluding carboxylic acids is 5. The molecule has 7 aromatic rings. The van der Waals surface area contributed by atoms with Crippen LogP contribution in [0.1, 0.15) is 69.5 Å². The maximum absolute atomic E-state index is 14.5. The summed E-state index contributed by atoms with van der Waals surface area (Å²) in [6.07, 6.45) is -2.30. The van der Waals surface area contributed by atoms with Crippen LogP contribution in [0.15, 0.2) is 158 Å². The smallest absolute Gasteiger partial charge is 0.497 e. The number of β-lactam (4-membered cyclic amide) rings is 1. The first-order chi connectivity index (χ1) is 39.7. The first-order valence-corrected chi connectivity index (χ1v) is 29.8. The quantitative estimate of drug-likeness (QED) is 0.0119. The second kappa shape index (κ2) is 25.3. The number of amides is 2. The number of hydrogen-bond acceptors (Lipinski definition) is 20. The van der Waals surface area contributed by atoms with Crippen molar-refractivity contribution >= 4 is 109 Å². The van der Waals surface area contributed by atoms with Crippen LogP contribution in [0.25, 0.3) is 10.1 Å². The van der Waals surface area contributed by atoms with Crippen LogP contribution in [0.5, 0.6) is 17.2 Å². The summed E-state index contributed by atoms with van der Waals surface area (Å²) in [5, 5.41) is 11.8. The van der Waals surface area contributed by atoms with E-state index in [1.807, 2.05) is 91.0 Å². The van der Waals surface area contributed by atoms with E-state index in [9.17, 15) is 28.8 Å². The zero-order valence-electron chi connectivity index (χ0n) is 46.1. The molecular weight excluding hydrogens is 1160 g/mol. The van der Waals surface area contributed by atoms with Crippen molar-refractivity contribution in [3.8, 4) is 17.2 Å². The fourth-order valence-corrected chi connectivity index (χ4v) is 13.7. The van der Waals surface area contributed by atoms with E-state index >= 15 is 0 Å². The van der Waals surface area contributed by atoms with Gasteiger partial charge in [0.15, 0.2) is 27.8 Å². The van der Waals surface area contributed by atoms with Crippen molar-refractivity contribution in [2.24, 2.45) is 5.16 Å². The molecule has 2 amide bonds. The molecule has 2 atom stereocenters. The number of halogens is 1. The van der Waals surface area contributed by atoms with Crippen LogP contribution >= 0.6 is 57.8 Å². The fourth-order valence-electron chi connectivity index (χ4n) is 8.91. The van der Waals surface area contributed by atoms with Gasteiger partial charge in [0.05, 0.1) is 16.0 Å². The molecule has 1 unspecified atom stereocenters. The van der Waals surface area contributed by atoms with Gasteiger partial charge in [-0.05, 0) is 87.6 Å². The number of methoxy groups -OCH3 is 1. The van der Waals surface area contributed by atoms with Crippen molar-refractivity contribution in [2.45, 2.75) is 80.5 Å². The van der Waals surface area contributed by atoms with Crippen LogP contribution in [-0.4, -0.2) is 94.0 Å². The Morgan fingerprint density at radius 1 is 0.795 bits per heavy atom. The zero-order chi connectivity index (χ0) is 59.2. The van der Waals surface area contributed by atoms with E-state index in [0.29, 0.717) is 26.2 Å². The van der Waals surface area contributed by atoms with Gasteiger partial charge in [-0.25, -0.2) is 19.4 Å². The summed E-state index contributed by atoms with van der Waals surface area (Å²) in [5.74, 6) is -1.99. The van der Waals surface area contributed by atoms with E-state index in [4.69, 9.17) is 49.8 Å². The predicted octanol–water partition coefficient (Wildman–Crippen LogP) is 12.0. The Morgan fingerprint density at radius 2 is 1.39 bits per heavy atom. The molecule has 0 aliphatic carbocycles. The Balaban J connectivity index is 0.984. The number of hydrogen-bond donors (Lipinski definition) is 2. The minimum atomic E-state index is -1.15. The standard InChI is InChI=1S/C60H56ClN5O13S4/c1-58(2,3)78-56(71)76-43-28-40-42(67)29-44(83-50(40)45(61)49(43)77-57(72)79-59(4,5)6)80-31-35-32-81-53-47(52(69)66(53)48(35)54(70)75-30-34-24-26-39(73-7)27-25-34)63-51(68)46(65-74-8)41-33-82-55(62-41)64-60(36-18-12-9-13-19-36,37-20-14-10-15-21-37)38-22-16-11-17-23-38/h9-29,33,47,53H,30-32H2,1-8H3,(H,62,64)(H,63,68)/b65-46-/t47?,53-/m0/s1. The van der Waals surface area contributed by atoms with Crippen LogP contribution in [0.3, 0.4) is 0 Å². The van der Waals surface area contributed by atoms with Crippen molar-refractivity contribution in [3.63, 3.8) is 0 Å². The predicted molar refractivity (Wildman–Crippen MR) is 321 cm³/mol. The minimum absolute atomic E-state index is 0.0202. The average Bonchev–Trinajstić information content (AvgIpc) is 2.03. The Labute approximate surface area is 499 Å². The molecule has 0 saturated carbocycles. The lowest BCUT2D eigenvalue weighted by Gasteiger charge is -2.49. The number of carbonyl (C=O) groups is 5. The molecule has 4 heterocycles. The third-order valence-electron chi connectivity index (χ3n) is 12.5. The number of benzene rings is 5. The molecule has 5 aromatic carbocycles. The number of rotatable bonds is 18. The second-order valence-corrected chi connectivity index (χ2v) is 25.3. The molecule has 9 rings (SSSR count). The van der Waals surface area contributed by atoms with E-state index in [0.717, 1.165) is 28.0 Å². The highest BCUT2D eigenvalue weighted by molar-refractivity contribution is 8.02. The van der Waals surface area contributed by atoms with Gasteiger partial charge in [0.1, 0.15) is 64.0 Å². The van der Waals surface area contributed by atoms with Gasteiger partial charge in [0.2, 0.25) is 0 Å². The maximum Gasteiger partial charge on any atom is 0.514 e. The van der Waals surface area contributed by atoms with Gasteiger partial charge in [0.25, 0.3) is 11.8 Å². The average molecular weight is 1220 g/mol. The number of esters is 1. The number of aromatic nitrogens is 1. The molecular formula is C60H56ClN5O13S4. The lowest BCUT2D eigenvalue weighted by Crippen LogP contribution is -2.71. The molecule has 1 saturated heterocycles. The number of nitrogens with zero attached hydrogens (tertiary/aromatic N) is 3. The summed E-state index contributed by atoms with van der Waals surface area (Å²) in [7, 11) is 2.84. The van der Waals surface area contributed by atoms with E-state index in [1.165, 1.54) is 66.1 Å². The SMILES string of the molecule is CO/N=C(\C(=O)NC1C(=O)N2C(C(=O)OCc3ccc(OC)cc3)=C(CSc3cc(=O)c4cc(OC(=O)OC(C)(C)C)c(OC(=O)OC(C)(C)C)c(Cl)c4s3)CS[C@@H]12)c1csc(NC(c2ccccc2)(c2ccccc2)c2ccccc2)n1. The largest absolute Gasteiger partial charge is 0.514 e. The fraction of sp³-hybridized carbons (Fsp3) is 0.267. The highest BCUT2D eigenvalue weighted by atomic mass is 35.5. The molecule has 430 valence electrons. The van der Waals surface area contributed by atoms with Crippen LogP contribution in [0, 0.1) is 0 Å². The summed E-state index contributed by atoms with van der Waals surface area (Å²) < 4.78 is 33.4.